The first-order valence-corrected chi connectivity index (χ1v) is 11.2. The first kappa shape index (κ1) is 32.7. The van der Waals surface area contributed by atoms with Crippen molar-refractivity contribution in [3.05, 3.63) is 108 Å². The van der Waals surface area contributed by atoms with Crippen LogP contribution in [0.25, 0.3) is 0 Å². The van der Waals surface area contributed by atoms with Crippen LogP contribution in [0.1, 0.15) is 11.1 Å². The first-order chi connectivity index (χ1) is 18.9. The molecule has 0 aliphatic carbocycles. The van der Waals surface area contributed by atoms with Gasteiger partial charge in [-0.2, -0.15) is 0 Å². The molecular formula is C28H18CuF6N2O4. The van der Waals surface area contributed by atoms with Crippen LogP contribution in [0.4, 0.5) is 37.7 Å². The molecular weight excluding hydrogens is 606 g/mol. The van der Waals surface area contributed by atoms with Gasteiger partial charge < -0.3 is 19.7 Å². The predicted octanol–water partition coefficient (Wildman–Crippen LogP) is 6.82. The molecule has 0 saturated carbocycles. The average Bonchev–Trinajstić information content (AvgIpc) is 2.88. The molecule has 0 N–H and O–H groups in total. The Kier molecular flexibility index (Phi) is 11.8. The van der Waals surface area contributed by atoms with Gasteiger partial charge in [0.2, 0.25) is 0 Å². The summed E-state index contributed by atoms with van der Waals surface area (Å²) < 4.78 is 79.3. The van der Waals surface area contributed by atoms with E-state index >= 15 is 0 Å². The molecule has 0 atom stereocenters. The zero-order valence-electron chi connectivity index (χ0n) is 20.5. The zero-order chi connectivity index (χ0) is 29.2. The second-order valence-electron chi connectivity index (χ2n) is 7.68. The Balaban J connectivity index is 0.000000280. The number of hydrogen-bond acceptors (Lipinski definition) is 6. The van der Waals surface area contributed by atoms with Gasteiger partial charge in [0.1, 0.15) is 11.5 Å². The van der Waals surface area contributed by atoms with Crippen molar-refractivity contribution in [1.82, 2.24) is 0 Å². The Morgan fingerprint density at radius 1 is 0.512 bits per heavy atom. The van der Waals surface area contributed by atoms with Crippen molar-refractivity contribution in [3.63, 3.8) is 0 Å². The molecule has 4 rings (SSSR count). The number of rotatable bonds is 6. The van der Waals surface area contributed by atoms with Crippen LogP contribution in [0.15, 0.2) is 107 Å². The van der Waals surface area contributed by atoms with Gasteiger partial charge in [0.15, 0.2) is 0 Å². The van der Waals surface area contributed by atoms with Crippen molar-refractivity contribution in [1.29, 1.82) is 0 Å². The molecule has 0 fully saturated rings. The molecule has 4 aromatic carbocycles. The van der Waals surface area contributed by atoms with Crippen LogP contribution >= 0.6 is 0 Å². The number of aliphatic imine (C=N–C) groups is 2. The van der Waals surface area contributed by atoms with Gasteiger partial charge in [0.25, 0.3) is 0 Å². The van der Waals surface area contributed by atoms with Crippen LogP contribution in [0.2, 0.25) is 0 Å². The number of para-hydroxylation sites is 2. The standard InChI is InChI=1S/2C14H10F3NO2.Cu/c2*15-14(16,17)20-12-7-5-11(6-8-12)18-9-10-3-1-2-4-13(10)19;/h2*1-9,19H;/q;;+2/p-2. The molecule has 0 spiro atoms. The van der Waals surface area contributed by atoms with Crippen LogP contribution in [-0.4, -0.2) is 25.2 Å². The molecule has 0 aliphatic heterocycles. The van der Waals surface area contributed by atoms with E-state index in [4.69, 9.17) is 0 Å². The van der Waals surface area contributed by atoms with E-state index in [1.54, 1.807) is 36.4 Å². The molecule has 41 heavy (non-hydrogen) atoms. The smallest absolute Gasteiger partial charge is 0.872 e. The van der Waals surface area contributed by atoms with Crippen LogP contribution in [0.5, 0.6) is 23.0 Å². The summed E-state index contributed by atoms with van der Waals surface area (Å²) in [6, 6.07) is 22.7. The molecule has 0 heterocycles. The second-order valence-corrected chi connectivity index (χ2v) is 7.68. The van der Waals surface area contributed by atoms with Gasteiger partial charge in [-0.25, -0.2) is 0 Å². The summed E-state index contributed by atoms with van der Waals surface area (Å²) in [4.78, 5) is 8.03. The summed E-state index contributed by atoms with van der Waals surface area (Å²) in [6.45, 7) is 0. The fraction of sp³-hybridized carbons (Fsp3) is 0.0714. The predicted molar refractivity (Wildman–Crippen MR) is 133 cm³/mol. The molecule has 0 saturated heterocycles. The van der Waals surface area contributed by atoms with Gasteiger partial charge >= 0.3 is 29.8 Å². The third-order valence-electron chi connectivity index (χ3n) is 4.68. The largest absolute Gasteiger partial charge is 2.00 e. The Labute approximate surface area is 240 Å². The molecule has 217 valence electrons. The van der Waals surface area contributed by atoms with E-state index in [-0.39, 0.29) is 40.1 Å². The van der Waals surface area contributed by atoms with E-state index in [1.807, 2.05) is 0 Å². The summed E-state index contributed by atoms with van der Waals surface area (Å²) in [6.07, 6.45) is -6.71. The maximum absolute atomic E-state index is 12.0. The molecule has 0 bridgehead atoms. The summed E-state index contributed by atoms with van der Waals surface area (Å²) in [5.74, 6) is -0.983. The SMILES string of the molecule is [Cu+2].[O-]c1ccccc1C=Nc1ccc(OC(F)(F)F)cc1.[O-]c1ccccc1C=Nc1ccc(OC(F)(F)F)cc1. The Hall–Kier alpha value is -4.48. The van der Waals surface area contributed by atoms with Crippen molar-refractivity contribution in [2.24, 2.45) is 9.98 Å². The minimum absolute atomic E-state index is 0. The van der Waals surface area contributed by atoms with Crippen molar-refractivity contribution < 1.29 is 63.1 Å². The maximum atomic E-state index is 12.0. The van der Waals surface area contributed by atoms with Crippen LogP contribution in [0, 0.1) is 0 Å². The minimum Gasteiger partial charge on any atom is -0.872 e. The van der Waals surface area contributed by atoms with Crippen LogP contribution < -0.4 is 19.7 Å². The Morgan fingerprint density at radius 2 is 0.829 bits per heavy atom. The Bertz CT molecular complexity index is 1330. The third-order valence-corrected chi connectivity index (χ3v) is 4.68. The number of nitrogens with zero attached hydrogens (tertiary/aromatic N) is 2. The number of alkyl halides is 6. The molecule has 6 nitrogen and oxygen atoms in total. The van der Waals surface area contributed by atoms with Crippen molar-refractivity contribution in [3.8, 4) is 23.0 Å². The van der Waals surface area contributed by atoms with Crippen molar-refractivity contribution in [2.75, 3.05) is 0 Å². The fourth-order valence-corrected chi connectivity index (χ4v) is 2.93. The van der Waals surface area contributed by atoms with Crippen LogP contribution in [0.3, 0.4) is 0 Å². The molecule has 1 radical (unpaired) electrons. The topological polar surface area (TPSA) is 89.3 Å². The fourth-order valence-electron chi connectivity index (χ4n) is 2.93. The minimum atomic E-state index is -4.72. The number of ether oxygens (including phenoxy) is 2. The van der Waals surface area contributed by atoms with E-state index in [2.05, 4.69) is 19.5 Å². The van der Waals surface area contributed by atoms with Crippen molar-refractivity contribution in [2.45, 2.75) is 12.7 Å². The Morgan fingerprint density at radius 3 is 1.12 bits per heavy atom. The maximum Gasteiger partial charge on any atom is 2.00 e. The number of halogens is 6. The molecule has 0 aliphatic rings. The average molecular weight is 624 g/mol. The molecule has 0 unspecified atom stereocenters. The molecule has 0 amide bonds. The van der Waals surface area contributed by atoms with E-state index in [0.717, 1.165) is 24.3 Å². The summed E-state index contributed by atoms with van der Waals surface area (Å²) in [7, 11) is 0. The van der Waals surface area contributed by atoms with Gasteiger partial charge in [-0.05, 0) is 59.7 Å². The van der Waals surface area contributed by atoms with E-state index < -0.39 is 12.7 Å². The van der Waals surface area contributed by atoms with E-state index in [9.17, 15) is 36.6 Å². The van der Waals surface area contributed by atoms with Crippen molar-refractivity contribution >= 4 is 23.8 Å². The summed E-state index contributed by atoms with van der Waals surface area (Å²) in [5.41, 5.74) is 1.65. The molecule has 13 heteroatoms. The van der Waals surface area contributed by atoms with Gasteiger partial charge in [0.05, 0.1) is 11.4 Å². The van der Waals surface area contributed by atoms with Crippen LogP contribution in [-0.2, 0) is 17.1 Å². The van der Waals surface area contributed by atoms with Gasteiger partial charge in [-0.3, -0.25) is 9.98 Å². The van der Waals surface area contributed by atoms with Gasteiger partial charge in [-0.15, -0.1) is 37.8 Å². The molecule has 4 aromatic rings. The number of benzene rings is 4. The van der Waals surface area contributed by atoms with Gasteiger partial charge in [0, 0.05) is 12.4 Å². The molecule has 0 aromatic heterocycles. The zero-order valence-corrected chi connectivity index (χ0v) is 21.4. The van der Waals surface area contributed by atoms with E-state index in [0.29, 0.717) is 22.5 Å². The summed E-state index contributed by atoms with van der Waals surface area (Å²) in [5, 5.41) is 22.8. The normalized spacial score (nSPS) is 11.5. The number of hydrogen-bond donors (Lipinski definition) is 0. The quantitative estimate of drug-likeness (QED) is 0.134. The monoisotopic (exact) mass is 623 g/mol. The van der Waals surface area contributed by atoms with Gasteiger partial charge in [-0.1, -0.05) is 48.5 Å². The third kappa shape index (κ3) is 12.1. The first-order valence-electron chi connectivity index (χ1n) is 11.2. The second kappa shape index (κ2) is 14.8. The van der Waals surface area contributed by atoms with E-state index in [1.165, 1.54) is 48.8 Å². The summed E-state index contributed by atoms with van der Waals surface area (Å²) >= 11 is 0.